The first-order chi connectivity index (χ1) is 13.7. The fraction of sp³-hybridized carbons (Fsp3) is 0.318. The largest absolute Gasteiger partial charge is 0.497 e. The molecule has 0 aliphatic carbocycles. The maximum absolute atomic E-state index is 13.2. The van der Waals surface area contributed by atoms with Crippen LogP contribution in [-0.4, -0.2) is 46.5 Å². The Labute approximate surface area is 163 Å². The molecule has 2 aliphatic rings. The molecule has 1 aromatic carbocycles. The van der Waals surface area contributed by atoms with Gasteiger partial charge in [0, 0.05) is 25.8 Å². The lowest BCUT2D eigenvalue weighted by atomic mass is 10.0. The van der Waals surface area contributed by atoms with Gasteiger partial charge in [-0.3, -0.25) is 9.69 Å². The van der Waals surface area contributed by atoms with Crippen molar-refractivity contribution in [2.75, 3.05) is 20.2 Å². The van der Waals surface area contributed by atoms with Crippen LogP contribution in [0.2, 0.25) is 0 Å². The van der Waals surface area contributed by atoms with Crippen LogP contribution in [0.15, 0.2) is 65.4 Å². The average molecular weight is 377 g/mol. The summed E-state index contributed by atoms with van der Waals surface area (Å²) in [6.45, 7) is 3.11. The van der Waals surface area contributed by atoms with Gasteiger partial charge in [-0.05, 0) is 42.0 Å². The van der Waals surface area contributed by atoms with E-state index in [2.05, 4.69) is 9.47 Å². The summed E-state index contributed by atoms with van der Waals surface area (Å²) in [6.07, 6.45) is 3.74. The van der Waals surface area contributed by atoms with Crippen molar-refractivity contribution in [1.29, 1.82) is 0 Å². The van der Waals surface area contributed by atoms with Crippen molar-refractivity contribution in [3.8, 4) is 5.75 Å². The molecule has 144 valence electrons. The minimum atomic E-state index is 0.0990. The van der Waals surface area contributed by atoms with E-state index in [1.54, 1.807) is 13.4 Å². The van der Waals surface area contributed by atoms with Crippen molar-refractivity contribution in [1.82, 2.24) is 14.4 Å². The van der Waals surface area contributed by atoms with E-state index in [-0.39, 0.29) is 18.0 Å². The number of benzene rings is 1. The number of carbonyl (C=O) groups is 1. The number of likely N-dealkylation sites (tertiary alicyclic amines) is 1. The highest BCUT2D eigenvalue weighted by atomic mass is 16.5. The third-order valence-corrected chi connectivity index (χ3v) is 5.82. The highest BCUT2D eigenvalue weighted by molar-refractivity contribution is 5.94. The van der Waals surface area contributed by atoms with Gasteiger partial charge in [0.25, 0.3) is 5.91 Å². The van der Waals surface area contributed by atoms with Crippen molar-refractivity contribution < 1.29 is 13.9 Å². The Bertz CT molecular complexity index is 961. The Hall–Kier alpha value is -2.99. The van der Waals surface area contributed by atoms with Gasteiger partial charge in [-0.25, -0.2) is 0 Å². The molecule has 0 saturated carbocycles. The van der Waals surface area contributed by atoms with Crippen molar-refractivity contribution >= 4 is 5.91 Å². The fourth-order valence-corrected chi connectivity index (χ4v) is 4.46. The second kappa shape index (κ2) is 6.87. The minimum absolute atomic E-state index is 0.0990. The zero-order valence-electron chi connectivity index (χ0n) is 15.8. The Morgan fingerprint density at radius 3 is 2.61 bits per heavy atom. The van der Waals surface area contributed by atoms with Crippen LogP contribution in [0.3, 0.4) is 0 Å². The first-order valence-corrected chi connectivity index (χ1v) is 9.58. The fourth-order valence-electron chi connectivity index (χ4n) is 4.46. The molecule has 6 nitrogen and oxygen atoms in total. The monoisotopic (exact) mass is 377 g/mol. The maximum Gasteiger partial charge on any atom is 0.271 e. The number of ether oxygens (including phenoxy) is 1. The number of rotatable bonds is 5. The van der Waals surface area contributed by atoms with Crippen molar-refractivity contribution in [2.24, 2.45) is 0 Å². The minimum Gasteiger partial charge on any atom is -0.497 e. The predicted octanol–water partition coefficient (Wildman–Crippen LogP) is 3.17. The molecule has 2 aliphatic heterocycles. The molecule has 2 atom stereocenters. The Morgan fingerprint density at radius 2 is 1.86 bits per heavy atom. The van der Waals surface area contributed by atoms with E-state index in [4.69, 9.17) is 9.15 Å². The molecule has 1 saturated heterocycles. The second-order valence-corrected chi connectivity index (χ2v) is 7.49. The van der Waals surface area contributed by atoms with Gasteiger partial charge in [-0.15, -0.1) is 0 Å². The van der Waals surface area contributed by atoms with Crippen LogP contribution in [0.4, 0.5) is 0 Å². The smallest absolute Gasteiger partial charge is 0.271 e. The number of fused-ring (bicyclic) bond motifs is 3. The molecule has 2 aromatic heterocycles. The first-order valence-electron chi connectivity index (χ1n) is 9.58. The number of hydrogen-bond acceptors (Lipinski definition) is 4. The van der Waals surface area contributed by atoms with Gasteiger partial charge in [0.15, 0.2) is 0 Å². The van der Waals surface area contributed by atoms with Gasteiger partial charge < -0.3 is 18.6 Å². The zero-order chi connectivity index (χ0) is 19.1. The van der Waals surface area contributed by atoms with E-state index in [0.717, 1.165) is 42.4 Å². The molecule has 4 heterocycles. The third kappa shape index (κ3) is 2.90. The summed E-state index contributed by atoms with van der Waals surface area (Å²) in [5, 5.41) is 0. The predicted molar refractivity (Wildman–Crippen MR) is 104 cm³/mol. The maximum atomic E-state index is 13.2. The summed E-state index contributed by atoms with van der Waals surface area (Å²) < 4.78 is 12.9. The van der Waals surface area contributed by atoms with Crippen LogP contribution in [0.5, 0.6) is 5.75 Å². The van der Waals surface area contributed by atoms with Gasteiger partial charge in [-0.2, -0.15) is 0 Å². The van der Waals surface area contributed by atoms with Crippen LogP contribution < -0.4 is 4.74 Å². The first kappa shape index (κ1) is 17.1. The number of amides is 1. The molecule has 1 amide bonds. The van der Waals surface area contributed by atoms with E-state index in [1.807, 2.05) is 59.6 Å². The van der Waals surface area contributed by atoms with E-state index in [9.17, 15) is 4.79 Å². The van der Waals surface area contributed by atoms with E-state index < -0.39 is 0 Å². The van der Waals surface area contributed by atoms with Gasteiger partial charge in [0.05, 0.1) is 32.0 Å². The lowest BCUT2D eigenvalue weighted by Crippen LogP contribution is -2.49. The van der Waals surface area contributed by atoms with E-state index in [0.29, 0.717) is 6.54 Å². The topological polar surface area (TPSA) is 50.9 Å². The summed E-state index contributed by atoms with van der Waals surface area (Å²) >= 11 is 0. The highest BCUT2D eigenvalue weighted by Crippen LogP contribution is 2.35. The summed E-state index contributed by atoms with van der Waals surface area (Å²) in [4.78, 5) is 17.6. The van der Waals surface area contributed by atoms with Gasteiger partial charge in [0.1, 0.15) is 17.2 Å². The van der Waals surface area contributed by atoms with Crippen LogP contribution in [-0.2, 0) is 13.1 Å². The number of hydrogen-bond donors (Lipinski definition) is 0. The number of nitrogens with zero attached hydrogens (tertiary/aromatic N) is 3. The molecular weight excluding hydrogens is 354 g/mol. The Morgan fingerprint density at radius 1 is 1.04 bits per heavy atom. The molecule has 28 heavy (non-hydrogen) atoms. The van der Waals surface area contributed by atoms with Crippen molar-refractivity contribution in [3.63, 3.8) is 0 Å². The molecule has 3 aromatic rings. The Kier molecular flexibility index (Phi) is 4.20. The molecule has 6 heteroatoms. The highest BCUT2D eigenvalue weighted by Gasteiger charge is 2.44. The molecule has 2 unspecified atom stereocenters. The SMILES string of the molecule is COc1ccc(CN2C(=O)c3cccn3C3CN(Cc4ccco4)CC32)cc1. The number of methoxy groups -OCH3 is 1. The number of aromatic nitrogens is 1. The Balaban J connectivity index is 1.42. The van der Waals surface area contributed by atoms with Crippen LogP contribution in [0.25, 0.3) is 0 Å². The molecule has 0 N–H and O–H groups in total. The molecule has 5 rings (SSSR count). The second-order valence-electron chi connectivity index (χ2n) is 7.49. The van der Waals surface area contributed by atoms with E-state index >= 15 is 0 Å². The van der Waals surface area contributed by atoms with Crippen LogP contribution >= 0.6 is 0 Å². The van der Waals surface area contributed by atoms with Crippen molar-refractivity contribution in [3.05, 3.63) is 78.0 Å². The molecule has 0 bridgehead atoms. The zero-order valence-corrected chi connectivity index (χ0v) is 15.8. The third-order valence-electron chi connectivity index (χ3n) is 5.82. The van der Waals surface area contributed by atoms with Gasteiger partial charge >= 0.3 is 0 Å². The molecule has 0 spiro atoms. The van der Waals surface area contributed by atoms with Crippen LogP contribution in [0, 0.1) is 0 Å². The lowest BCUT2D eigenvalue weighted by molar-refractivity contribution is 0.0556. The number of furan rings is 1. The van der Waals surface area contributed by atoms with Gasteiger partial charge in [-0.1, -0.05) is 12.1 Å². The lowest BCUT2D eigenvalue weighted by Gasteiger charge is -2.38. The summed E-state index contributed by atoms with van der Waals surface area (Å²) in [6, 6.07) is 16.2. The van der Waals surface area contributed by atoms with E-state index in [1.165, 1.54) is 0 Å². The van der Waals surface area contributed by atoms with Crippen LogP contribution in [0.1, 0.15) is 27.9 Å². The average Bonchev–Trinajstić information content (AvgIpc) is 3.46. The summed E-state index contributed by atoms with van der Waals surface area (Å²) in [5.41, 5.74) is 1.88. The normalized spacial score (nSPS) is 21.6. The quantitative estimate of drug-likeness (QED) is 0.685. The molecule has 0 radical (unpaired) electrons. The van der Waals surface area contributed by atoms with Crippen molar-refractivity contribution in [2.45, 2.75) is 25.2 Å². The van der Waals surface area contributed by atoms with Gasteiger partial charge in [0.2, 0.25) is 0 Å². The molecule has 1 fully saturated rings. The molecular formula is C22H23N3O3. The number of carbonyl (C=O) groups excluding carboxylic acids is 1. The standard InChI is InChI=1S/C22H23N3O3/c1-27-17-8-6-16(7-9-17)12-25-21-15-23(13-18-4-3-11-28-18)14-20(21)24-10-2-5-19(24)22(25)26/h2-11,20-21H,12-15H2,1H3. The summed E-state index contributed by atoms with van der Waals surface area (Å²) in [5.74, 6) is 1.88. The summed E-state index contributed by atoms with van der Waals surface area (Å²) in [7, 11) is 1.66.